The Morgan fingerprint density at radius 1 is 1.11 bits per heavy atom. The Bertz CT molecular complexity index is 946. The molecule has 1 aliphatic heterocycles. The Kier molecular flexibility index (Phi) is 5.22. The molecule has 27 heavy (non-hydrogen) atoms. The van der Waals surface area contributed by atoms with E-state index in [1.165, 1.54) is 0 Å². The standard InChI is InChI=1S/C20H23N5O2/c1-24-14-17(13-23-24)20-9-15-8-18(21-11-16(15)12-22-20)10-19(26)2-3-25-4-6-27-7-5-25/h8-9,11-14H,2-7,10H2,1H3. The van der Waals surface area contributed by atoms with Crippen molar-refractivity contribution in [2.24, 2.45) is 7.05 Å². The highest BCUT2D eigenvalue weighted by molar-refractivity contribution is 5.86. The Hall–Kier alpha value is -2.64. The first-order valence-corrected chi connectivity index (χ1v) is 9.23. The highest BCUT2D eigenvalue weighted by Gasteiger charge is 2.13. The highest BCUT2D eigenvalue weighted by atomic mass is 16.5. The molecule has 3 aromatic heterocycles. The number of carbonyl (C=O) groups excluding carboxylic acids is 1. The van der Waals surface area contributed by atoms with E-state index in [1.54, 1.807) is 17.1 Å². The van der Waals surface area contributed by atoms with Gasteiger partial charge in [-0.1, -0.05) is 0 Å². The second-order valence-corrected chi connectivity index (χ2v) is 6.91. The fourth-order valence-electron chi connectivity index (χ4n) is 3.29. The Labute approximate surface area is 158 Å². The topological polar surface area (TPSA) is 73.1 Å². The number of aryl methyl sites for hydroxylation is 1. The quantitative estimate of drug-likeness (QED) is 0.664. The molecule has 0 atom stereocenters. The fraction of sp³-hybridized carbons (Fsp3) is 0.400. The zero-order chi connectivity index (χ0) is 18.6. The Balaban J connectivity index is 1.44. The van der Waals surface area contributed by atoms with Crippen LogP contribution in [0.25, 0.3) is 22.0 Å². The lowest BCUT2D eigenvalue weighted by Gasteiger charge is -2.26. The first-order chi connectivity index (χ1) is 13.2. The largest absolute Gasteiger partial charge is 0.379 e. The number of nitrogens with zero attached hydrogens (tertiary/aromatic N) is 5. The summed E-state index contributed by atoms with van der Waals surface area (Å²) in [5.74, 6) is 0.217. The van der Waals surface area contributed by atoms with Crippen molar-refractivity contribution in [3.05, 3.63) is 42.6 Å². The molecule has 1 aliphatic rings. The molecule has 4 heterocycles. The van der Waals surface area contributed by atoms with E-state index in [4.69, 9.17) is 4.74 Å². The number of Topliss-reactive ketones (excluding diaryl/α,β-unsaturated/α-hetero) is 1. The van der Waals surface area contributed by atoms with Crippen molar-refractivity contribution in [3.8, 4) is 11.3 Å². The molecule has 0 N–H and O–H groups in total. The van der Waals surface area contributed by atoms with Crippen molar-refractivity contribution in [1.29, 1.82) is 0 Å². The van der Waals surface area contributed by atoms with Crippen LogP contribution < -0.4 is 0 Å². The van der Waals surface area contributed by atoms with Crippen LogP contribution in [0, 0.1) is 0 Å². The summed E-state index contributed by atoms with van der Waals surface area (Å²) in [6, 6.07) is 4.01. The van der Waals surface area contributed by atoms with Gasteiger partial charge in [-0.15, -0.1) is 0 Å². The van der Waals surface area contributed by atoms with Gasteiger partial charge in [0.1, 0.15) is 5.78 Å². The number of ketones is 1. The predicted molar refractivity (Wildman–Crippen MR) is 102 cm³/mol. The maximum atomic E-state index is 12.4. The number of carbonyl (C=O) groups is 1. The monoisotopic (exact) mass is 365 g/mol. The van der Waals surface area contributed by atoms with E-state index in [0.29, 0.717) is 12.8 Å². The average Bonchev–Trinajstić information content (AvgIpc) is 3.13. The van der Waals surface area contributed by atoms with Crippen LogP contribution in [0.1, 0.15) is 12.1 Å². The minimum atomic E-state index is 0.217. The number of rotatable bonds is 6. The summed E-state index contributed by atoms with van der Waals surface area (Å²) in [7, 11) is 1.88. The third kappa shape index (κ3) is 4.37. The number of aromatic nitrogens is 4. The van der Waals surface area contributed by atoms with Crippen LogP contribution in [0.5, 0.6) is 0 Å². The minimum absolute atomic E-state index is 0.217. The summed E-state index contributed by atoms with van der Waals surface area (Å²) in [6.07, 6.45) is 8.26. The average molecular weight is 365 g/mol. The van der Waals surface area contributed by atoms with Crippen LogP contribution >= 0.6 is 0 Å². The van der Waals surface area contributed by atoms with Crippen molar-refractivity contribution < 1.29 is 9.53 Å². The van der Waals surface area contributed by atoms with E-state index in [2.05, 4.69) is 20.0 Å². The molecule has 1 saturated heterocycles. The number of hydrogen-bond acceptors (Lipinski definition) is 6. The minimum Gasteiger partial charge on any atom is -0.379 e. The van der Waals surface area contributed by atoms with Gasteiger partial charge in [-0.05, 0) is 17.5 Å². The van der Waals surface area contributed by atoms with Gasteiger partial charge in [0.25, 0.3) is 0 Å². The molecule has 3 aromatic rings. The lowest BCUT2D eigenvalue weighted by Crippen LogP contribution is -2.37. The number of ether oxygens (including phenoxy) is 1. The van der Waals surface area contributed by atoms with E-state index < -0.39 is 0 Å². The van der Waals surface area contributed by atoms with Crippen molar-refractivity contribution in [1.82, 2.24) is 24.6 Å². The normalized spacial score (nSPS) is 15.3. The molecule has 140 valence electrons. The van der Waals surface area contributed by atoms with Crippen LogP contribution in [0.15, 0.2) is 36.9 Å². The van der Waals surface area contributed by atoms with Gasteiger partial charge in [0.2, 0.25) is 0 Å². The van der Waals surface area contributed by atoms with Crippen LogP contribution in [-0.2, 0) is 23.0 Å². The van der Waals surface area contributed by atoms with Gasteiger partial charge in [0.05, 0.1) is 25.1 Å². The van der Waals surface area contributed by atoms with Crippen molar-refractivity contribution in [2.75, 3.05) is 32.8 Å². The van der Waals surface area contributed by atoms with E-state index in [9.17, 15) is 4.79 Å². The second kappa shape index (κ2) is 7.94. The van der Waals surface area contributed by atoms with Gasteiger partial charge < -0.3 is 4.74 Å². The van der Waals surface area contributed by atoms with Gasteiger partial charge in [-0.25, -0.2) is 0 Å². The summed E-state index contributed by atoms with van der Waals surface area (Å²) in [5.41, 5.74) is 2.64. The molecule has 0 radical (unpaired) electrons. The summed E-state index contributed by atoms with van der Waals surface area (Å²) in [5, 5.41) is 6.20. The Morgan fingerprint density at radius 2 is 1.93 bits per heavy atom. The van der Waals surface area contributed by atoms with Crippen LogP contribution in [0.2, 0.25) is 0 Å². The highest BCUT2D eigenvalue weighted by Crippen LogP contribution is 2.21. The molecule has 0 unspecified atom stereocenters. The smallest absolute Gasteiger partial charge is 0.140 e. The summed E-state index contributed by atoms with van der Waals surface area (Å²) in [4.78, 5) is 23.6. The number of hydrogen-bond donors (Lipinski definition) is 0. The molecule has 7 nitrogen and oxygen atoms in total. The molecule has 4 rings (SSSR count). The molecular weight excluding hydrogens is 342 g/mol. The van der Waals surface area contributed by atoms with E-state index in [1.807, 2.05) is 31.6 Å². The number of morpholine rings is 1. The van der Waals surface area contributed by atoms with Crippen LogP contribution in [-0.4, -0.2) is 63.3 Å². The molecule has 0 spiro atoms. The summed E-state index contributed by atoms with van der Waals surface area (Å²) < 4.78 is 7.10. The molecule has 0 bridgehead atoms. The second-order valence-electron chi connectivity index (χ2n) is 6.91. The first kappa shape index (κ1) is 17.8. The van der Waals surface area contributed by atoms with E-state index in [0.717, 1.165) is 60.6 Å². The number of pyridine rings is 2. The zero-order valence-corrected chi connectivity index (χ0v) is 15.5. The van der Waals surface area contributed by atoms with Gasteiger partial charge in [0, 0.05) is 74.8 Å². The molecule has 1 fully saturated rings. The zero-order valence-electron chi connectivity index (χ0n) is 15.5. The molecule has 0 aromatic carbocycles. The van der Waals surface area contributed by atoms with Crippen molar-refractivity contribution in [3.63, 3.8) is 0 Å². The predicted octanol–water partition coefficient (Wildman–Crippen LogP) is 1.86. The molecular formula is C20H23N5O2. The fourth-order valence-corrected chi connectivity index (χ4v) is 3.29. The molecule has 0 aliphatic carbocycles. The lowest BCUT2D eigenvalue weighted by molar-refractivity contribution is -0.119. The van der Waals surface area contributed by atoms with Gasteiger partial charge in [-0.3, -0.25) is 24.3 Å². The number of fused-ring (bicyclic) bond motifs is 1. The lowest BCUT2D eigenvalue weighted by atomic mass is 10.1. The third-order valence-electron chi connectivity index (χ3n) is 4.85. The summed E-state index contributed by atoms with van der Waals surface area (Å²) in [6.45, 7) is 4.13. The van der Waals surface area contributed by atoms with Crippen molar-refractivity contribution >= 4 is 16.6 Å². The van der Waals surface area contributed by atoms with Crippen LogP contribution in [0.3, 0.4) is 0 Å². The SMILES string of the molecule is Cn1cc(-c2cc3cc(CC(=O)CCN4CCOCC4)ncc3cn2)cn1. The van der Waals surface area contributed by atoms with Crippen molar-refractivity contribution in [2.45, 2.75) is 12.8 Å². The molecule has 0 amide bonds. The van der Waals surface area contributed by atoms with E-state index in [-0.39, 0.29) is 5.78 Å². The summed E-state index contributed by atoms with van der Waals surface area (Å²) >= 11 is 0. The molecule has 0 saturated carbocycles. The first-order valence-electron chi connectivity index (χ1n) is 9.23. The Morgan fingerprint density at radius 3 is 2.70 bits per heavy atom. The van der Waals surface area contributed by atoms with Gasteiger partial charge in [0.15, 0.2) is 0 Å². The maximum absolute atomic E-state index is 12.4. The maximum Gasteiger partial charge on any atom is 0.140 e. The molecule has 7 heteroatoms. The van der Waals surface area contributed by atoms with E-state index >= 15 is 0 Å². The van der Waals surface area contributed by atoms with Gasteiger partial charge in [-0.2, -0.15) is 5.10 Å². The third-order valence-corrected chi connectivity index (χ3v) is 4.85. The van der Waals surface area contributed by atoms with Gasteiger partial charge >= 0.3 is 0 Å². The van der Waals surface area contributed by atoms with Crippen LogP contribution in [0.4, 0.5) is 0 Å².